The molecule has 1 fully saturated rings. The molecule has 40 heavy (non-hydrogen) atoms. The van der Waals surface area contributed by atoms with Crippen LogP contribution in [0.15, 0.2) is 69.0 Å². The van der Waals surface area contributed by atoms with Gasteiger partial charge in [0.25, 0.3) is 5.56 Å². The molecule has 0 atom stereocenters. The molecule has 10 heteroatoms. The van der Waals surface area contributed by atoms with E-state index in [1.807, 2.05) is 12.1 Å². The summed E-state index contributed by atoms with van der Waals surface area (Å²) in [6, 6.07) is 15.2. The molecule has 1 saturated carbocycles. The summed E-state index contributed by atoms with van der Waals surface area (Å²) in [7, 11) is 1.51. The summed E-state index contributed by atoms with van der Waals surface area (Å²) >= 11 is 9.84. The molecule has 206 valence electrons. The Morgan fingerprint density at radius 1 is 1.15 bits per heavy atom. The lowest BCUT2D eigenvalue weighted by molar-refractivity contribution is 0.0697. The Balaban J connectivity index is 1.55. The number of carbonyl (C=O) groups is 1. The van der Waals surface area contributed by atoms with Crippen LogP contribution in [0.3, 0.4) is 0 Å². The minimum Gasteiger partial charge on any atom is -0.493 e. The number of hydrogen-bond acceptors (Lipinski definition) is 6. The molecule has 1 heterocycles. The Morgan fingerprint density at radius 3 is 2.60 bits per heavy atom. The van der Waals surface area contributed by atoms with Crippen molar-refractivity contribution in [2.45, 2.75) is 44.6 Å². The molecule has 0 saturated heterocycles. The molecule has 0 bridgehead atoms. The number of fused-ring (bicyclic) bond motifs is 1. The van der Waals surface area contributed by atoms with Gasteiger partial charge in [0.05, 0.1) is 29.8 Å². The largest absolute Gasteiger partial charge is 0.493 e. The molecule has 5 rings (SSSR count). The number of benzene rings is 3. The number of carboxylic acid groups (broad SMARTS) is 1. The van der Waals surface area contributed by atoms with Gasteiger partial charge < -0.3 is 14.6 Å². The van der Waals surface area contributed by atoms with Crippen molar-refractivity contribution < 1.29 is 19.4 Å². The third-order valence-corrected chi connectivity index (χ3v) is 7.68. The van der Waals surface area contributed by atoms with Gasteiger partial charge >= 0.3 is 5.97 Å². The Labute approximate surface area is 244 Å². The van der Waals surface area contributed by atoms with Crippen LogP contribution in [-0.4, -0.2) is 34.1 Å². The number of aromatic nitrogens is 2. The predicted octanol–water partition coefficient (Wildman–Crippen LogP) is 7.03. The second-order valence-corrected chi connectivity index (χ2v) is 11.0. The van der Waals surface area contributed by atoms with Gasteiger partial charge in [0, 0.05) is 27.0 Å². The van der Waals surface area contributed by atoms with E-state index in [0.29, 0.717) is 38.8 Å². The first kappa shape index (κ1) is 27.9. The second-order valence-electron chi connectivity index (χ2n) is 9.65. The van der Waals surface area contributed by atoms with Gasteiger partial charge in [0.1, 0.15) is 12.4 Å². The zero-order valence-electron chi connectivity index (χ0n) is 21.8. The third-order valence-electron chi connectivity index (χ3n) is 6.97. The van der Waals surface area contributed by atoms with E-state index in [1.165, 1.54) is 36.6 Å². The minimum absolute atomic E-state index is 0.130. The van der Waals surface area contributed by atoms with E-state index in [4.69, 9.17) is 31.2 Å². The molecule has 1 aromatic heterocycles. The average Bonchev–Trinajstić information content (AvgIpc) is 2.96. The molecule has 0 amide bonds. The van der Waals surface area contributed by atoms with Crippen molar-refractivity contribution in [1.82, 2.24) is 9.66 Å². The first-order chi connectivity index (χ1) is 19.3. The minimum atomic E-state index is -0.997. The Bertz CT molecular complexity index is 1650. The number of rotatable bonds is 8. The number of hydrogen-bond donors (Lipinski definition) is 1. The van der Waals surface area contributed by atoms with Crippen molar-refractivity contribution in [3.05, 3.63) is 97.0 Å². The number of aromatic carboxylic acids is 1. The predicted molar refractivity (Wildman–Crippen MR) is 158 cm³/mol. The SMILES string of the molecule is COc1cc(Cl)cc(C=Nn2c(C3CCCCC3)nc3ccc(Br)cc3c2=O)c1OCc1ccc(C(=O)O)cc1. The van der Waals surface area contributed by atoms with Crippen LogP contribution in [0.4, 0.5) is 0 Å². The number of methoxy groups -OCH3 is 1. The zero-order valence-corrected chi connectivity index (χ0v) is 24.1. The molecule has 4 aromatic rings. The van der Waals surface area contributed by atoms with E-state index in [0.717, 1.165) is 35.7 Å². The van der Waals surface area contributed by atoms with E-state index >= 15 is 0 Å². The molecular weight excluding hydrogens is 598 g/mol. The lowest BCUT2D eigenvalue weighted by atomic mass is 9.88. The van der Waals surface area contributed by atoms with Crippen molar-refractivity contribution in [2.24, 2.45) is 5.10 Å². The summed E-state index contributed by atoms with van der Waals surface area (Å²) in [5.74, 6) is 0.567. The van der Waals surface area contributed by atoms with Crippen molar-refractivity contribution >= 4 is 50.6 Å². The molecule has 1 N–H and O–H groups in total. The van der Waals surface area contributed by atoms with Gasteiger partial charge in [-0.2, -0.15) is 9.78 Å². The molecule has 0 aliphatic heterocycles. The number of carboxylic acids is 1. The molecule has 3 aromatic carbocycles. The van der Waals surface area contributed by atoms with Gasteiger partial charge in [-0.3, -0.25) is 4.79 Å². The zero-order chi connectivity index (χ0) is 28.2. The van der Waals surface area contributed by atoms with Crippen LogP contribution in [0.2, 0.25) is 5.02 Å². The Kier molecular flexibility index (Phi) is 8.52. The second kappa shape index (κ2) is 12.2. The number of halogens is 2. The Morgan fingerprint density at radius 2 is 1.90 bits per heavy atom. The van der Waals surface area contributed by atoms with Crippen molar-refractivity contribution in [1.29, 1.82) is 0 Å². The molecule has 0 unspecified atom stereocenters. The van der Waals surface area contributed by atoms with Crippen LogP contribution in [0, 0.1) is 0 Å². The van der Waals surface area contributed by atoms with Gasteiger partial charge in [-0.25, -0.2) is 9.78 Å². The maximum Gasteiger partial charge on any atom is 0.335 e. The van der Waals surface area contributed by atoms with Crippen molar-refractivity contribution in [3.63, 3.8) is 0 Å². The van der Waals surface area contributed by atoms with Crippen molar-refractivity contribution in [2.75, 3.05) is 7.11 Å². The molecular formula is C30H27BrClN3O5. The van der Waals surface area contributed by atoms with Gasteiger partial charge in [-0.05, 0) is 54.8 Å². The van der Waals surface area contributed by atoms with Crippen LogP contribution >= 0.6 is 27.5 Å². The van der Waals surface area contributed by atoms with Gasteiger partial charge in [0.2, 0.25) is 0 Å². The van der Waals surface area contributed by atoms with E-state index in [9.17, 15) is 9.59 Å². The maximum atomic E-state index is 13.7. The fourth-order valence-electron chi connectivity index (χ4n) is 4.91. The lowest BCUT2D eigenvalue weighted by Crippen LogP contribution is -2.25. The average molecular weight is 625 g/mol. The molecule has 1 aliphatic carbocycles. The highest BCUT2D eigenvalue weighted by molar-refractivity contribution is 9.10. The summed E-state index contributed by atoms with van der Waals surface area (Å²) in [6.07, 6.45) is 6.77. The summed E-state index contributed by atoms with van der Waals surface area (Å²) in [4.78, 5) is 29.8. The highest BCUT2D eigenvalue weighted by Crippen LogP contribution is 2.35. The molecule has 0 radical (unpaired) electrons. The topological polar surface area (TPSA) is 103 Å². The fraction of sp³-hybridized carbons (Fsp3) is 0.267. The molecule has 8 nitrogen and oxygen atoms in total. The summed E-state index contributed by atoms with van der Waals surface area (Å²) in [6.45, 7) is 0.150. The fourth-order valence-corrected chi connectivity index (χ4v) is 5.49. The van der Waals surface area contributed by atoms with E-state index in [-0.39, 0.29) is 23.6 Å². The summed E-state index contributed by atoms with van der Waals surface area (Å²) in [5.41, 5.74) is 1.86. The summed E-state index contributed by atoms with van der Waals surface area (Å²) < 4.78 is 13.8. The lowest BCUT2D eigenvalue weighted by Gasteiger charge is -2.23. The quantitative estimate of drug-likeness (QED) is 0.211. The highest BCUT2D eigenvalue weighted by atomic mass is 79.9. The monoisotopic (exact) mass is 623 g/mol. The van der Waals surface area contributed by atoms with Gasteiger partial charge in [-0.1, -0.05) is 58.9 Å². The Hall–Kier alpha value is -3.69. The molecule has 0 spiro atoms. The smallest absolute Gasteiger partial charge is 0.335 e. The van der Waals surface area contributed by atoms with Gasteiger partial charge in [-0.15, -0.1) is 0 Å². The van der Waals surface area contributed by atoms with Crippen molar-refractivity contribution in [3.8, 4) is 11.5 Å². The normalized spacial score (nSPS) is 14.1. The molecule has 1 aliphatic rings. The standard InChI is InChI=1S/C30H27BrClN3O5/c1-39-26-15-23(32)13-21(27(26)40-17-18-7-9-20(10-8-18)30(37)38)16-33-35-28(19-5-3-2-4-6-19)34-25-12-11-22(31)14-24(25)29(35)36/h7-16,19H,2-6,17H2,1H3,(H,37,38). The first-order valence-electron chi connectivity index (χ1n) is 12.9. The van der Waals surface area contributed by atoms with Crippen LogP contribution in [0.5, 0.6) is 11.5 Å². The highest BCUT2D eigenvalue weighted by Gasteiger charge is 2.23. The van der Waals surface area contributed by atoms with Crippen LogP contribution in [0.25, 0.3) is 10.9 Å². The van der Waals surface area contributed by atoms with E-state index in [1.54, 1.807) is 30.3 Å². The first-order valence-corrected chi connectivity index (χ1v) is 14.1. The van der Waals surface area contributed by atoms with Crippen LogP contribution in [-0.2, 0) is 6.61 Å². The van der Waals surface area contributed by atoms with Gasteiger partial charge in [0.15, 0.2) is 11.5 Å². The van der Waals surface area contributed by atoms with Crippen LogP contribution < -0.4 is 15.0 Å². The van der Waals surface area contributed by atoms with Crippen LogP contribution in [0.1, 0.15) is 65.3 Å². The number of ether oxygens (including phenoxy) is 2. The maximum absolute atomic E-state index is 13.7. The van der Waals surface area contributed by atoms with E-state index in [2.05, 4.69) is 21.0 Å². The number of nitrogens with zero attached hydrogens (tertiary/aromatic N) is 3. The third kappa shape index (κ3) is 6.05. The van der Waals surface area contributed by atoms with E-state index < -0.39 is 5.97 Å². The summed E-state index contributed by atoms with van der Waals surface area (Å²) in [5, 5.41) is 14.7.